The first kappa shape index (κ1) is 20.2. The van der Waals surface area contributed by atoms with Gasteiger partial charge in [-0.05, 0) is 56.0 Å². The molecule has 1 aliphatic heterocycles. The van der Waals surface area contributed by atoms with Crippen LogP contribution in [0.15, 0.2) is 53.4 Å². The highest BCUT2D eigenvalue weighted by molar-refractivity contribution is 8.00. The number of piperidine rings is 1. The molecule has 4 nitrogen and oxygen atoms in total. The van der Waals surface area contributed by atoms with Crippen molar-refractivity contribution in [3.63, 3.8) is 0 Å². The first-order valence-electron chi connectivity index (χ1n) is 10.1. The van der Waals surface area contributed by atoms with Crippen LogP contribution < -0.4 is 10.1 Å². The average molecular weight is 415 g/mol. The number of hydrogen-bond donors (Lipinski definition) is 1. The Labute approximate surface area is 175 Å². The zero-order valence-corrected chi connectivity index (χ0v) is 17.5. The molecule has 2 aromatic rings. The van der Waals surface area contributed by atoms with Crippen molar-refractivity contribution in [2.75, 3.05) is 26.0 Å². The van der Waals surface area contributed by atoms with E-state index in [1.165, 1.54) is 6.07 Å². The Morgan fingerprint density at radius 1 is 1.24 bits per heavy atom. The van der Waals surface area contributed by atoms with Gasteiger partial charge >= 0.3 is 0 Å². The third-order valence-electron chi connectivity index (χ3n) is 6.14. The van der Waals surface area contributed by atoms with Crippen molar-refractivity contribution in [3.05, 3.63) is 59.9 Å². The summed E-state index contributed by atoms with van der Waals surface area (Å²) in [6.45, 7) is 2.50. The van der Waals surface area contributed by atoms with Crippen LogP contribution in [0.5, 0.6) is 5.75 Å². The minimum Gasteiger partial charge on any atom is -0.497 e. The maximum absolute atomic E-state index is 14.2. The van der Waals surface area contributed by atoms with Crippen molar-refractivity contribution >= 4 is 17.7 Å². The van der Waals surface area contributed by atoms with Crippen molar-refractivity contribution in [3.8, 4) is 5.75 Å². The van der Waals surface area contributed by atoms with E-state index in [0.717, 1.165) is 37.2 Å². The number of likely N-dealkylation sites (tertiary alicyclic amines) is 1. The summed E-state index contributed by atoms with van der Waals surface area (Å²) in [7, 11) is 1.55. The van der Waals surface area contributed by atoms with Crippen molar-refractivity contribution in [1.29, 1.82) is 0 Å². The van der Waals surface area contributed by atoms with Crippen LogP contribution in [0.1, 0.15) is 24.8 Å². The van der Waals surface area contributed by atoms with Crippen molar-refractivity contribution in [2.45, 2.75) is 36.7 Å². The first-order valence-corrected chi connectivity index (χ1v) is 11.1. The molecule has 1 heterocycles. The van der Waals surface area contributed by atoms with Gasteiger partial charge in [-0.15, -0.1) is 11.8 Å². The van der Waals surface area contributed by atoms with E-state index >= 15 is 0 Å². The second-order valence-electron chi connectivity index (χ2n) is 8.02. The van der Waals surface area contributed by atoms with Gasteiger partial charge in [0.15, 0.2) is 0 Å². The van der Waals surface area contributed by atoms with E-state index in [0.29, 0.717) is 29.7 Å². The highest BCUT2D eigenvalue weighted by Gasteiger charge is 2.55. The Morgan fingerprint density at radius 3 is 2.69 bits per heavy atom. The third-order valence-corrected chi connectivity index (χ3v) is 7.16. The Hall–Kier alpha value is -2.05. The van der Waals surface area contributed by atoms with Crippen LogP contribution in [0.25, 0.3) is 0 Å². The summed E-state index contributed by atoms with van der Waals surface area (Å²) >= 11 is 1.57. The molecule has 154 valence electrons. The molecule has 29 heavy (non-hydrogen) atoms. The fourth-order valence-corrected chi connectivity index (χ4v) is 4.92. The fraction of sp³-hybridized carbons (Fsp3) is 0.435. The summed E-state index contributed by atoms with van der Waals surface area (Å²) < 4.78 is 19.3. The monoisotopic (exact) mass is 414 g/mol. The molecule has 1 unspecified atom stereocenters. The quantitative estimate of drug-likeness (QED) is 0.693. The lowest BCUT2D eigenvalue weighted by atomic mass is 9.92. The van der Waals surface area contributed by atoms with Gasteiger partial charge in [0, 0.05) is 29.1 Å². The molecule has 0 bridgehead atoms. The van der Waals surface area contributed by atoms with Crippen molar-refractivity contribution < 1.29 is 13.9 Å². The van der Waals surface area contributed by atoms with Gasteiger partial charge in [0.2, 0.25) is 5.91 Å². The number of nitrogens with zero attached hydrogens (tertiary/aromatic N) is 1. The number of carbonyl (C=O) groups excluding carboxylic acids is 1. The first-order chi connectivity index (χ1) is 14.1. The molecule has 1 spiro atoms. The molecule has 6 heteroatoms. The standard InChI is InChI=1S/C23H27FN2O2S/c1-28-18-8-7-17(20(24)13-18)15-26-11-9-23(10-12-26)14-21(23)25-22(27)16-29-19-5-3-2-4-6-19/h2-8,13,21H,9-12,14-16H2,1H3,(H,25,27). The summed E-state index contributed by atoms with van der Waals surface area (Å²) in [5, 5.41) is 3.22. The summed E-state index contributed by atoms with van der Waals surface area (Å²) in [6.07, 6.45) is 3.18. The topological polar surface area (TPSA) is 41.6 Å². The van der Waals surface area contributed by atoms with E-state index in [-0.39, 0.29) is 17.1 Å². The minimum atomic E-state index is -0.211. The molecule has 1 saturated carbocycles. The number of hydrogen-bond acceptors (Lipinski definition) is 4. The number of ether oxygens (including phenoxy) is 1. The molecule has 2 aliphatic rings. The Morgan fingerprint density at radius 2 is 2.00 bits per heavy atom. The van der Waals surface area contributed by atoms with Gasteiger partial charge in [-0.3, -0.25) is 9.69 Å². The van der Waals surface area contributed by atoms with E-state index < -0.39 is 0 Å². The van der Waals surface area contributed by atoms with E-state index in [2.05, 4.69) is 10.2 Å². The summed E-state index contributed by atoms with van der Waals surface area (Å²) in [6, 6.07) is 15.4. The Kier molecular flexibility index (Phi) is 6.11. The molecule has 1 amide bonds. The van der Waals surface area contributed by atoms with Crippen LogP contribution >= 0.6 is 11.8 Å². The molecule has 1 saturated heterocycles. The lowest BCUT2D eigenvalue weighted by Gasteiger charge is -2.33. The Balaban J connectivity index is 1.21. The number of halogens is 1. The van der Waals surface area contributed by atoms with Gasteiger partial charge in [-0.2, -0.15) is 0 Å². The highest BCUT2D eigenvalue weighted by Crippen LogP contribution is 2.54. The van der Waals surface area contributed by atoms with Gasteiger partial charge in [-0.25, -0.2) is 4.39 Å². The lowest BCUT2D eigenvalue weighted by molar-refractivity contribution is -0.118. The second kappa shape index (κ2) is 8.76. The molecule has 0 aromatic heterocycles. The fourth-order valence-electron chi connectivity index (χ4n) is 4.19. The van der Waals surface area contributed by atoms with Crippen molar-refractivity contribution in [1.82, 2.24) is 10.2 Å². The smallest absolute Gasteiger partial charge is 0.230 e. The molecule has 0 radical (unpaired) electrons. The zero-order valence-electron chi connectivity index (χ0n) is 16.7. The number of thioether (sulfide) groups is 1. The van der Waals surface area contributed by atoms with Gasteiger partial charge in [-0.1, -0.05) is 24.3 Å². The van der Waals surface area contributed by atoms with Crippen LogP contribution in [0.3, 0.4) is 0 Å². The molecular formula is C23H27FN2O2S. The zero-order chi connectivity index (χ0) is 20.3. The minimum absolute atomic E-state index is 0.114. The van der Waals surface area contributed by atoms with Gasteiger partial charge in [0.25, 0.3) is 0 Å². The van der Waals surface area contributed by atoms with Gasteiger partial charge in [0.1, 0.15) is 11.6 Å². The normalized spacial score (nSPS) is 20.4. The molecular weight excluding hydrogens is 387 g/mol. The number of benzene rings is 2. The predicted octanol–water partition coefficient (Wildman–Crippen LogP) is 4.10. The van der Waals surface area contributed by atoms with Crippen LogP contribution in [0, 0.1) is 11.2 Å². The van der Waals surface area contributed by atoms with E-state index in [1.807, 2.05) is 42.5 Å². The second-order valence-corrected chi connectivity index (χ2v) is 9.07. The van der Waals surface area contributed by atoms with Crippen LogP contribution in [-0.4, -0.2) is 42.8 Å². The van der Waals surface area contributed by atoms with Gasteiger partial charge < -0.3 is 10.1 Å². The predicted molar refractivity (Wildman–Crippen MR) is 114 cm³/mol. The molecule has 2 aromatic carbocycles. The molecule has 1 N–H and O–H groups in total. The van der Waals surface area contributed by atoms with Crippen LogP contribution in [0.4, 0.5) is 4.39 Å². The number of methoxy groups -OCH3 is 1. The lowest BCUT2D eigenvalue weighted by Crippen LogP contribution is -2.38. The van der Waals surface area contributed by atoms with Crippen LogP contribution in [-0.2, 0) is 11.3 Å². The SMILES string of the molecule is COc1ccc(CN2CCC3(CC2)CC3NC(=O)CSc2ccccc2)c(F)c1. The number of rotatable bonds is 7. The number of nitrogens with one attached hydrogen (secondary N) is 1. The molecule has 1 atom stereocenters. The third kappa shape index (κ3) is 4.93. The molecule has 2 fully saturated rings. The highest BCUT2D eigenvalue weighted by atomic mass is 32.2. The maximum Gasteiger partial charge on any atom is 0.230 e. The van der Waals surface area contributed by atoms with E-state index in [4.69, 9.17) is 4.74 Å². The van der Waals surface area contributed by atoms with Crippen LogP contribution in [0.2, 0.25) is 0 Å². The largest absolute Gasteiger partial charge is 0.497 e. The summed E-state index contributed by atoms with van der Waals surface area (Å²) in [5.74, 6) is 0.908. The van der Waals surface area contributed by atoms with Crippen molar-refractivity contribution in [2.24, 2.45) is 5.41 Å². The number of amides is 1. The van der Waals surface area contributed by atoms with Gasteiger partial charge in [0.05, 0.1) is 12.9 Å². The summed E-state index contributed by atoms with van der Waals surface area (Å²) in [5.41, 5.74) is 0.961. The number of carbonyl (C=O) groups is 1. The van der Waals surface area contributed by atoms with E-state index in [1.54, 1.807) is 18.9 Å². The molecule has 4 rings (SSSR count). The Bertz CT molecular complexity index is 853. The maximum atomic E-state index is 14.2. The molecule has 1 aliphatic carbocycles. The average Bonchev–Trinajstić information content (AvgIpc) is 3.41. The van der Waals surface area contributed by atoms with E-state index in [9.17, 15) is 9.18 Å². The summed E-state index contributed by atoms with van der Waals surface area (Å²) in [4.78, 5) is 15.7.